The van der Waals surface area contributed by atoms with Crippen LogP contribution < -0.4 is 0 Å². The quantitative estimate of drug-likeness (QED) is 0.218. The van der Waals surface area contributed by atoms with E-state index >= 15 is 0 Å². The van der Waals surface area contributed by atoms with Crippen LogP contribution in [0.25, 0.3) is 0 Å². The van der Waals surface area contributed by atoms with Crippen molar-refractivity contribution in [3.63, 3.8) is 0 Å². The van der Waals surface area contributed by atoms with Crippen molar-refractivity contribution in [1.29, 1.82) is 0 Å². The van der Waals surface area contributed by atoms with Gasteiger partial charge in [0.15, 0.2) is 0 Å². The van der Waals surface area contributed by atoms with Crippen molar-refractivity contribution in [2.45, 2.75) is 97.0 Å². The molecule has 0 N–H and O–H groups in total. The molecule has 0 aliphatic heterocycles. The smallest absolute Gasteiger partial charge is 0.306 e. The van der Waals surface area contributed by atoms with Crippen LogP contribution in [0.4, 0.5) is 0 Å². The Hall–Kier alpha value is -0.0500. The van der Waals surface area contributed by atoms with Crippen molar-refractivity contribution in [1.82, 2.24) is 0 Å². The fourth-order valence-corrected chi connectivity index (χ4v) is 2.67. The molecule has 0 fully saturated rings. The number of halogens is 1. The van der Waals surface area contributed by atoms with E-state index in [1.807, 2.05) is 6.92 Å². The van der Waals surface area contributed by atoms with E-state index in [2.05, 4.69) is 22.9 Å². The van der Waals surface area contributed by atoms with Crippen molar-refractivity contribution in [2.75, 3.05) is 5.33 Å². The Morgan fingerprint density at radius 2 is 1.55 bits per heavy atom. The van der Waals surface area contributed by atoms with Crippen LogP contribution in [-0.4, -0.2) is 17.4 Å². The molecule has 0 radical (unpaired) electrons. The van der Waals surface area contributed by atoms with Gasteiger partial charge in [-0.15, -0.1) is 0 Å². The van der Waals surface area contributed by atoms with Gasteiger partial charge in [-0.05, 0) is 32.6 Å². The molecular formula is C17H33BrO2. The molecule has 0 spiro atoms. The Morgan fingerprint density at radius 1 is 0.950 bits per heavy atom. The van der Waals surface area contributed by atoms with Crippen molar-refractivity contribution in [2.24, 2.45) is 0 Å². The lowest BCUT2D eigenvalue weighted by atomic mass is 10.1. The van der Waals surface area contributed by atoms with Crippen molar-refractivity contribution >= 4 is 21.9 Å². The predicted octanol–water partition coefficient (Wildman–Crippen LogP) is 6.01. The number of hydrogen-bond donors (Lipinski definition) is 0. The summed E-state index contributed by atoms with van der Waals surface area (Å²) < 4.78 is 5.44. The van der Waals surface area contributed by atoms with Crippen LogP contribution in [0.3, 0.4) is 0 Å². The zero-order valence-corrected chi connectivity index (χ0v) is 15.1. The number of esters is 1. The van der Waals surface area contributed by atoms with Gasteiger partial charge in [0.1, 0.15) is 0 Å². The van der Waals surface area contributed by atoms with Gasteiger partial charge in [0.05, 0.1) is 6.10 Å². The molecule has 0 aromatic rings. The minimum Gasteiger partial charge on any atom is -0.463 e. The largest absolute Gasteiger partial charge is 0.463 e. The number of ether oxygens (including phenoxy) is 1. The molecule has 0 bridgehead atoms. The van der Waals surface area contributed by atoms with Gasteiger partial charge in [0, 0.05) is 11.8 Å². The first-order valence-corrected chi connectivity index (χ1v) is 9.58. The first-order chi connectivity index (χ1) is 9.70. The first kappa shape index (κ1) is 19.9. The molecule has 0 aromatic heterocycles. The molecule has 20 heavy (non-hydrogen) atoms. The van der Waals surface area contributed by atoms with Gasteiger partial charge in [-0.1, -0.05) is 67.8 Å². The number of carbonyl (C=O) groups excluding carboxylic acids is 1. The molecule has 3 heteroatoms. The maximum atomic E-state index is 11.6. The summed E-state index contributed by atoms with van der Waals surface area (Å²) in [5, 5.41) is 1.09. The number of carbonyl (C=O) groups is 1. The van der Waals surface area contributed by atoms with E-state index in [9.17, 15) is 4.79 Å². The summed E-state index contributed by atoms with van der Waals surface area (Å²) in [6, 6.07) is 0. The van der Waals surface area contributed by atoms with Crippen LogP contribution in [0, 0.1) is 0 Å². The number of hydrogen-bond acceptors (Lipinski definition) is 2. The summed E-state index contributed by atoms with van der Waals surface area (Å²) in [5.74, 6) is -0.00782. The van der Waals surface area contributed by atoms with Crippen LogP contribution in [0.2, 0.25) is 0 Å². The lowest BCUT2D eigenvalue weighted by Gasteiger charge is -2.13. The maximum Gasteiger partial charge on any atom is 0.306 e. The highest BCUT2D eigenvalue weighted by molar-refractivity contribution is 9.09. The third-order valence-electron chi connectivity index (χ3n) is 3.56. The molecule has 0 aliphatic carbocycles. The molecule has 0 saturated carbocycles. The minimum absolute atomic E-state index is 0.00782. The van der Waals surface area contributed by atoms with Crippen LogP contribution in [0.1, 0.15) is 90.9 Å². The normalized spacial score (nSPS) is 12.3. The molecule has 0 aromatic carbocycles. The summed E-state index contributed by atoms with van der Waals surface area (Å²) in [7, 11) is 0. The van der Waals surface area contributed by atoms with E-state index < -0.39 is 0 Å². The molecule has 120 valence electrons. The zero-order chi connectivity index (χ0) is 15.1. The Morgan fingerprint density at radius 3 is 2.25 bits per heavy atom. The van der Waals surface area contributed by atoms with Gasteiger partial charge < -0.3 is 4.74 Å². The van der Waals surface area contributed by atoms with Gasteiger partial charge in [0.25, 0.3) is 0 Å². The Balaban J connectivity index is 3.36. The summed E-state index contributed by atoms with van der Waals surface area (Å²) >= 11 is 3.43. The average Bonchev–Trinajstić information content (AvgIpc) is 2.42. The van der Waals surface area contributed by atoms with Crippen LogP contribution >= 0.6 is 15.9 Å². The highest BCUT2D eigenvalue weighted by atomic mass is 79.9. The molecule has 1 unspecified atom stereocenters. The lowest BCUT2D eigenvalue weighted by Crippen LogP contribution is -2.14. The van der Waals surface area contributed by atoms with Gasteiger partial charge in [-0.3, -0.25) is 4.79 Å². The van der Waals surface area contributed by atoms with Gasteiger partial charge in [-0.2, -0.15) is 0 Å². The average molecular weight is 349 g/mol. The van der Waals surface area contributed by atoms with E-state index in [-0.39, 0.29) is 12.1 Å². The second-order valence-electron chi connectivity index (χ2n) is 5.71. The highest BCUT2D eigenvalue weighted by Gasteiger charge is 2.08. The minimum atomic E-state index is -0.00782. The second-order valence-corrected chi connectivity index (χ2v) is 6.50. The SMILES string of the molecule is CCCCCCCC(C)OC(=O)CCCCCCCBr. The Labute approximate surface area is 134 Å². The van der Waals surface area contributed by atoms with Crippen molar-refractivity contribution < 1.29 is 9.53 Å². The van der Waals surface area contributed by atoms with Crippen molar-refractivity contribution in [3.8, 4) is 0 Å². The second kappa shape index (κ2) is 15.3. The molecule has 2 nitrogen and oxygen atoms in total. The molecule has 0 saturated heterocycles. The Kier molecular flexibility index (Phi) is 15.3. The van der Waals surface area contributed by atoms with Crippen LogP contribution in [0.15, 0.2) is 0 Å². The summed E-state index contributed by atoms with van der Waals surface area (Å²) in [4.78, 5) is 11.6. The molecule has 0 amide bonds. The van der Waals surface area contributed by atoms with Gasteiger partial charge in [0.2, 0.25) is 0 Å². The number of rotatable bonds is 14. The topological polar surface area (TPSA) is 26.3 Å². The summed E-state index contributed by atoms with van der Waals surface area (Å²) in [5.41, 5.74) is 0. The summed E-state index contributed by atoms with van der Waals surface area (Å²) in [6.07, 6.45) is 13.9. The fourth-order valence-electron chi connectivity index (χ4n) is 2.27. The van der Waals surface area contributed by atoms with Gasteiger partial charge in [-0.25, -0.2) is 0 Å². The maximum absolute atomic E-state index is 11.6. The molecule has 0 rings (SSSR count). The molecule has 0 heterocycles. The zero-order valence-electron chi connectivity index (χ0n) is 13.5. The molecule has 1 atom stereocenters. The lowest BCUT2D eigenvalue weighted by molar-refractivity contribution is -0.148. The number of alkyl halides is 1. The number of unbranched alkanes of at least 4 members (excludes halogenated alkanes) is 8. The third kappa shape index (κ3) is 14.4. The van der Waals surface area contributed by atoms with Crippen molar-refractivity contribution in [3.05, 3.63) is 0 Å². The summed E-state index contributed by atoms with van der Waals surface area (Å²) in [6.45, 7) is 4.25. The van der Waals surface area contributed by atoms with Gasteiger partial charge >= 0.3 is 5.97 Å². The van der Waals surface area contributed by atoms with Crippen LogP contribution in [0.5, 0.6) is 0 Å². The van der Waals surface area contributed by atoms with E-state index in [0.717, 1.165) is 24.6 Å². The predicted molar refractivity (Wildman–Crippen MR) is 90.4 cm³/mol. The van der Waals surface area contributed by atoms with Crippen LogP contribution in [-0.2, 0) is 9.53 Å². The van der Waals surface area contributed by atoms with E-state index in [4.69, 9.17) is 4.74 Å². The Bertz CT molecular complexity index is 219. The monoisotopic (exact) mass is 348 g/mol. The highest BCUT2D eigenvalue weighted by Crippen LogP contribution is 2.11. The fraction of sp³-hybridized carbons (Fsp3) is 0.941. The third-order valence-corrected chi connectivity index (χ3v) is 4.12. The molecule has 0 aliphatic rings. The standard InChI is InChI=1S/C17H33BrO2/c1-3-4-5-7-10-13-16(2)20-17(19)14-11-8-6-9-12-15-18/h16H,3-15H2,1-2H3. The van der Waals surface area contributed by atoms with E-state index in [1.165, 1.54) is 51.4 Å². The molecular weight excluding hydrogens is 316 g/mol. The van der Waals surface area contributed by atoms with E-state index in [1.54, 1.807) is 0 Å². The first-order valence-electron chi connectivity index (χ1n) is 8.46. The van der Waals surface area contributed by atoms with E-state index in [0.29, 0.717) is 6.42 Å².